The van der Waals surface area contributed by atoms with E-state index in [1.165, 1.54) is 0 Å². The van der Waals surface area contributed by atoms with Crippen LogP contribution < -0.4 is 32.2 Å². The number of rotatable bonds is 14. The van der Waals surface area contributed by atoms with Gasteiger partial charge in [-0.3, -0.25) is 0 Å². The van der Waals surface area contributed by atoms with Gasteiger partial charge in [-0.1, -0.05) is 135 Å². The fourth-order valence-electron chi connectivity index (χ4n) is 5.56. The molecule has 4 N–H and O–H groups in total. The van der Waals surface area contributed by atoms with Gasteiger partial charge in [-0.2, -0.15) is 0 Å². The van der Waals surface area contributed by atoms with Crippen LogP contribution in [0, 0.1) is 0 Å². The molecule has 0 saturated heterocycles. The Morgan fingerprint density at radius 1 is 0.488 bits per heavy atom. The standard InChI is InChI=1S/C32H42N2O4Si3/c1-5-31(33)39(27-19-11-7-12-20-27,28-21-13-8-14-22-28)37-41(35-3,36-4)38-40(32(34)6-2,29-23-15-9-16-24-29)30-25-17-10-18-26-30/h7-26,31-32H,5-6,33-34H2,1-4H3. The number of hydrogen-bond donors (Lipinski definition) is 2. The Kier molecular flexibility index (Phi) is 10.6. The summed E-state index contributed by atoms with van der Waals surface area (Å²) in [5.74, 6) is 0. The summed E-state index contributed by atoms with van der Waals surface area (Å²) < 4.78 is 27.4. The molecule has 2 atom stereocenters. The molecule has 6 nitrogen and oxygen atoms in total. The fourth-order valence-corrected chi connectivity index (χ4v) is 20.1. The molecule has 0 fully saturated rings. The van der Waals surface area contributed by atoms with Gasteiger partial charge in [0.1, 0.15) is 0 Å². The first-order chi connectivity index (χ1) is 19.9. The molecule has 9 heteroatoms. The van der Waals surface area contributed by atoms with Crippen LogP contribution in [0.1, 0.15) is 26.7 Å². The highest BCUT2D eigenvalue weighted by atomic mass is 28.5. The Balaban J connectivity index is 1.99. The number of benzene rings is 4. The first-order valence-corrected chi connectivity index (χ1v) is 19.8. The van der Waals surface area contributed by atoms with E-state index in [1.54, 1.807) is 14.2 Å². The Hall–Kier alpha value is -2.71. The van der Waals surface area contributed by atoms with E-state index in [1.807, 2.05) is 72.8 Å². The van der Waals surface area contributed by atoms with Crippen LogP contribution in [0.5, 0.6) is 0 Å². The zero-order chi connectivity index (χ0) is 29.3. The molecular formula is C32H42N2O4Si3. The molecule has 0 aromatic heterocycles. The SMILES string of the molecule is CCC(N)[Si](O[Si](OC)(OC)O[Si](c1ccccc1)(c1ccccc1)C(N)CC)(c1ccccc1)c1ccccc1. The van der Waals surface area contributed by atoms with Crippen molar-refractivity contribution >= 4 is 46.4 Å². The van der Waals surface area contributed by atoms with Crippen molar-refractivity contribution < 1.29 is 17.1 Å². The summed E-state index contributed by atoms with van der Waals surface area (Å²) in [7, 11) is -7.19. The van der Waals surface area contributed by atoms with Crippen molar-refractivity contribution in [3.8, 4) is 0 Å². The predicted molar refractivity (Wildman–Crippen MR) is 174 cm³/mol. The zero-order valence-corrected chi connectivity index (χ0v) is 27.4. The van der Waals surface area contributed by atoms with Gasteiger partial charge in [0.15, 0.2) is 0 Å². The van der Waals surface area contributed by atoms with E-state index < -0.39 is 25.7 Å². The molecule has 0 radical (unpaired) electrons. The fraction of sp³-hybridized carbons (Fsp3) is 0.250. The normalized spacial score (nSPS) is 14.0. The maximum Gasteiger partial charge on any atom is 0.658 e. The molecule has 0 aliphatic carbocycles. The number of hydrogen-bond acceptors (Lipinski definition) is 6. The van der Waals surface area contributed by atoms with Gasteiger partial charge < -0.3 is 28.5 Å². The molecule has 216 valence electrons. The maximum absolute atomic E-state index is 7.41. The van der Waals surface area contributed by atoms with Crippen LogP contribution in [0.3, 0.4) is 0 Å². The van der Waals surface area contributed by atoms with Crippen LogP contribution in [-0.4, -0.2) is 51.2 Å². The topological polar surface area (TPSA) is 89.0 Å². The molecule has 0 heterocycles. The predicted octanol–water partition coefficient (Wildman–Crippen LogP) is 2.82. The zero-order valence-electron chi connectivity index (χ0n) is 24.4. The van der Waals surface area contributed by atoms with Crippen molar-refractivity contribution in [1.82, 2.24) is 0 Å². The Labute approximate surface area is 248 Å². The average molecular weight is 603 g/mol. The summed E-state index contributed by atoms with van der Waals surface area (Å²) in [4.78, 5) is 0. The van der Waals surface area contributed by atoms with Crippen LogP contribution in [-0.2, 0) is 17.1 Å². The van der Waals surface area contributed by atoms with Gasteiger partial charge in [-0.15, -0.1) is 0 Å². The molecular weight excluding hydrogens is 561 g/mol. The smallest absolute Gasteiger partial charge is 0.384 e. The molecule has 41 heavy (non-hydrogen) atoms. The van der Waals surface area contributed by atoms with Crippen LogP contribution >= 0.6 is 0 Å². The molecule has 0 amide bonds. The number of nitrogens with two attached hydrogens (primary N) is 2. The van der Waals surface area contributed by atoms with Crippen LogP contribution in [0.2, 0.25) is 0 Å². The summed E-state index contributed by atoms with van der Waals surface area (Å²) in [5, 5.41) is 4.12. The van der Waals surface area contributed by atoms with E-state index in [9.17, 15) is 0 Å². The van der Waals surface area contributed by atoms with Crippen LogP contribution in [0.15, 0.2) is 121 Å². The second-order valence-electron chi connectivity index (χ2n) is 10.1. The first kappa shape index (κ1) is 31.2. The van der Waals surface area contributed by atoms with E-state index in [0.29, 0.717) is 12.8 Å². The van der Waals surface area contributed by atoms with Crippen molar-refractivity contribution in [2.45, 2.75) is 38.0 Å². The molecule has 4 aromatic rings. The van der Waals surface area contributed by atoms with Crippen molar-refractivity contribution in [2.24, 2.45) is 11.5 Å². The monoisotopic (exact) mass is 602 g/mol. The Morgan fingerprint density at radius 3 is 0.927 bits per heavy atom. The van der Waals surface area contributed by atoms with E-state index in [-0.39, 0.29) is 11.3 Å². The summed E-state index contributed by atoms with van der Waals surface area (Å²) in [5.41, 5.74) is 13.6. The van der Waals surface area contributed by atoms with Gasteiger partial charge in [0.25, 0.3) is 16.6 Å². The second kappa shape index (κ2) is 14.0. The largest absolute Gasteiger partial charge is 0.658 e. The summed E-state index contributed by atoms with van der Waals surface area (Å²) >= 11 is 0. The summed E-state index contributed by atoms with van der Waals surface area (Å²) in [6, 6.07) is 40.9. The summed E-state index contributed by atoms with van der Waals surface area (Å²) in [6.45, 7) is 4.18. The van der Waals surface area contributed by atoms with Crippen LogP contribution in [0.4, 0.5) is 0 Å². The van der Waals surface area contributed by atoms with E-state index in [0.717, 1.165) is 20.7 Å². The van der Waals surface area contributed by atoms with E-state index in [4.69, 9.17) is 28.5 Å². The van der Waals surface area contributed by atoms with Gasteiger partial charge in [0.2, 0.25) is 0 Å². The quantitative estimate of drug-likeness (QED) is 0.216. The third-order valence-electron chi connectivity index (χ3n) is 7.81. The highest BCUT2D eigenvalue weighted by Gasteiger charge is 2.61. The van der Waals surface area contributed by atoms with Crippen molar-refractivity contribution in [3.05, 3.63) is 121 Å². The molecule has 0 aliphatic rings. The minimum atomic E-state index is -3.94. The minimum Gasteiger partial charge on any atom is -0.384 e. The second-order valence-corrected chi connectivity index (χ2v) is 20.3. The molecule has 0 aliphatic heterocycles. The van der Waals surface area contributed by atoms with Gasteiger partial charge in [-0.25, -0.2) is 0 Å². The van der Waals surface area contributed by atoms with Gasteiger partial charge in [-0.05, 0) is 33.6 Å². The Morgan fingerprint density at radius 2 is 0.732 bits per heavy atom. The van der Waals surface area contributed by atoms with Crippen LogP contribution in [0.25, 0.3) is 0 Å². The van der Waals surface area contributed by atoms with Crippen molar-refractivity contribution in [3.63, 3.8) is 0 Å². The maximum atomic E-state index is 7.41. The van der Waals surface area contributed by atoms with Gasteiger partial charge in [0, 0.05) is 25.5 Å². The molecule has 0 bridgehead atoms. The Bertz CT molecular complexity index is 1150. The molecule has 0 saturated carbocycles. The van der Waals surface area contributed by atoms with Crippen molar-refractivity contribution in [1.29, 1.82) is 0 Å². The lowest BCUT2D eigenvalue weighted by atomic mass is 10.4. The highest BCUT2D eigenvalue weighted by Crippen LogP contribution is 2.27. The summed E-state index contributed by atoms with van der Waals surface area (Å²) in [6.07, 6.45) is 1.39. The minimum absolute atomic E-state index is 0.308. The highest BCUT2D eigenvalue weighted by molar-refractivity contribution is 7.05. The third-order valence-corrected chi connectivity index (χ3v) is 21.1. The third kappa shape index (κ3) is 6.10. The van der Waals surface area contributed by atoms with Gasteiger partial charge in [0.05, 0.1) is 0 Å². The van der Waals surface area contributed by atoms with E-state index >= 15 is 0 Å². The average Bonchev–Trinajstić information content (AvgIpc) is 3.06. The molecule has 4 aromatic carbocycles. The lowest BCUT2D eigenvalue weighted by molar-refractivity contribution is 0.0769. The van der Waals surface area contributed by atoms with E-state index in [2.05, 4.69) is 62.4 Å². The lowest BCUT2D eigenvalue weighted by Gasteiger charge is -2.46. The molecule has 0 spiro atoms. The molecule has 4 rings (SSSR count). The lowest BCUT2D eigenvalue weighted by Crippen LogP contribution is -2.80. The van der Waals surface area contributed by atoms with Crippen molar-refractivity contribution in [2.75, 3.05) is 14.2 Å². The van der Waals surface area contributed by atoms with Gasteiger partial charge >= 0.3 is 9.05 Å². The molecule has 2 unspecified atom stereocenters. The first-order valence-electron chi connectivity index (χ1n) is 14.2.